The highest BCUT2D eigenvalue weighted by Crippen LogP contribution is 2.44. The average Bonchev–Trinajstić information content (AvgIpc) is 3.37. The number of amidine groups is 1. The highest BCUT2D eigenvalue weighted by Gasteiger charge is 2.42. The molecule has 0 bridgehead atoms. The van der Waals surface area contributed by atoms with Crippen molar-refractivity contribution in [3.8, 4) is 0 Å². The molecule has 1 heterocycles. The number of halogens is 2. The quantitative estimate of drug-likeness (QED) is 0.870. The maximum absolute atomic E-state index is 5.96. The highest BCUT2D eigenvalue weighted by atomic mass is 35.5. The lowest BCUT2D eigenvalue weighted by Crippen LogP contribution is -2.37. The van der Waals surface area contributed by atoms with Crippen LogP contribution in [-0.4, -0.2) is 18.4 Å². The van der Waals surface area contributed by atoms with E-state index in [9.17, 15) is 0 Å². The second-order valence-electron chi connectivity index (χ2n) is 6.58. The highest BCUT2D eigenvalue weighted by molar-refractivity contribution is 6.30. The van der Waals surface area contributed by atoms with Gasteiger partial charge in [0.2, 0.25) is 0 Å². The van der Waals surface area contributed by atoms with Crippen molar-refractivity contribution in [2.75, 3.05) is 6.54 Å². The van der Waals surface area contributed by atoms with Crippen LogP contribution in [0.4, 0.5) is 0 Å². The zero-order valence-electron chi connectivity index (χ0n) is 12.1. The summed E-state index contributed by atoms with van der Waals surface area (Å²) in [5, 5.41) is 4.59. The molecule has 0 amide bonds. The van der Waals surface area contributed by atoms with Crippen LogP contribution in [0.3, 0.4) is 0 Å². The summed E-state index contributed by atoms with van der Waals surface area (Å²) in [6.07, 6.45) is 6.74. The maximum atomic E-state index is 5.96. The van der Waals surface area contributed by atoms with Gasteiger partial charge in [0.15, 0.2) is 0 Å². The normalized spacial score (nSPS) is 24.7. The van der Waals surface area contributed by atoms with Gasteiger partial charge in [-0.05, 0) is 55.2 Å². The Morgan fingerprint density at radius 1 is 1.05 bits per heavy atom. The zero-order valence-corrected chi connectivity index (χ0v) is 13.7. The number of hydrogen-bond donors (Lipinski definition) is 1. The monoisotopic (exact) mass is 324 g/mol. The lowest BCUT2D eigenvalue weighted by Gasteiger charge is -2.19. The second kappa shape index (κ2) is 6.18. The molecular formula is C17H22Cl2N2. The van der Waals surface area contributed by atoms with Gasteiger partial charge in [0.25, 0.3) is 0 Å². The summed E-state index contributed by atoms with van der Waals surface area (Å²) in [7, 11) is 0. The predicted octanol–water partition coefficient (Wildman–Crippen LogP) is 4.43. The molecule has 1 aromatic carbocycles. The van der Waals surface area contributed by atoms with Crippen molar-refractivity contribution >= 4 is 29.8 Å². The fraction of sp³-hybridized carbons (Fsp3) is 0.588. The van der Waals surface area contributed by atoms with Crippen molar-refractivity contribution in [1.82, 2.24) is 5.32 Å². The lowest BCUT2D eigenvalue weighted by molar-refractivity contribution is 0.479. The third kappa shape index (κ3) is 3.54. The number of rotatable bonds is 4. The third-order valence-electron chi connectivity index (χ3n) is 4.88. The first kappa shape index (κ1) is 15.2. The van der Waals surface area contributed by atoms with Crippen LogP contribution in [0, 0.1) is 11.8 Å². The molecular weight excluding hydrogens is 303 g/mol. The molecule has 2 saturated carbocycles. The molecule has 2 fully saturated rings. The molecule has 114 valence electrons. The smallest absolute Gasteiger partial charge is 0.0972 e. The Bertz CT molecular complexity index is 506. The van der Waals surface area contributed by atoms with E-state index in [1.165, 1.54) is 37.1 Å². The molecule has 3 aliphatic rings. The van der Waals surface area contributed by atoms with Gasteiger partial charge in [0, 0.05) is 29.9 Å². The predicted molar refractivity (Wildman–Crippen MR) is 90.7 cm³/mol. The minimum atomic E-state index is 0. The van der Waals surface area contributed by atoms with Crippen LogP contribution in [0.5, 0.6) is 0 Å². The number of nitrogens with zero attached hydrogens (tertiary/aromatic N) is 1. The fourth-order valence-corrected chi connectivity index (χ4v) is 3.50. The summed E-state index contributed by atoms with van der Waals surface area (Å²) in [6, 6.07) is 8.98. The van der Waals surface area contributed by atoms with E-state index >= 15 is 0 Å². The van der Waals surface area contributed by atoms with Gasteiger partial charge in [-0.15, -0.1) is 12.4 Å². The molecule has 1 N–H and O–H groups in total. The minimum absolute atomic E-state index is 0. The summed E-state index contributed by atoms with van der Waals surface area (Å²) < 4.78 is 0. The number of benzene rings is 1. The van der Waals surface area contributed by atoms with E-state index < -0.39 is 0 Å². The van der Waals surface area contributed by atoms with E-state index in [-0.39, 0.29) is 12.4 Å². The van der Waals surface area contributed by atoms with Gasteiger partial charge in [-0.3, -0.25) is 4.99 Å². The summed E-state index contributed by atoms with van der Waals surface area (Å²) in [5.74, 6) is 3.64. The first-order chi connectivity index (χ1) is 9.79. The Morgan fingerprint density at radius 3 is 2.24 bits per heavy atom. The van der Waals surface area contributed by atoms with Crippen molar-refractivity contribution in [1.29, 1.82) is 0 Å². The number of aliphatic imine (C=N–C) groups is 1. The van der Waals surface area contributed by atoms with Crippen molar-refractivity contribution < 1.29 is 0 Å². The summed E-state index contributed by atoms with van der Waals surface area (Å²) >= 11 is 5.96. The molecule has 1 atom stereocenters. The molecule has 2 nitrogen and oxygen atoms in total. The molecule has 1 aromatic rings. The van der Waals surface area contributed by atoms with Gasteiger partial charge in [-0.1, -0.05) is 23.7 Å². The summed E-state index contributed by atoms with van der Waals surface area (Å²) in [6.45, 7) is 0.923. The second-order valence-corrected chi connectivity index (χ2v) is 7.02. The van der Waals surface area contributed by atoms with Crippen molar-refractivity contribution in [3.05, 3.63) is 34.9 Å². The van der Waals surface area contributed by atoms with E-state index in [1.54, 1.807) is 0 Å². The molecule has 0 saturated heterocycles. The van der Waals surface area contributed by atoms with Gasteiger partial charge < -0.3 is 5.32 Å². The van der Waals surface area contributed by atoms with Gasteiger partial charge in [-0.2, -0.15) is 0 Å². The zero-order chi connectivity index (χ0) is 13.5. The Morgan fingerprint density at radius 2 is 1.67 bits per heavy atom. The molecule has 0 radical (unpaired) electrons. The van der Waals surface area contributed by atoms with E-state index in [1.807, 2.05) is 12.1 Å². The molecule has 4 rings (SSSR count). The SMILES string of the molecule is Cl.Clc1ccc(C2CN=C(NC(C3CC3)C3CC3)C2)cc1. The maximum Gasteiger partial charge on any atom is 0.0972 e. The molecule has 1 unspecified atom stereocenters. The molecule has 21 heavy (non-hydrogen) atoms. The Labute approximate surface area is 137 Å². The average molecular weight is 325 g/mol. The first-order valence-electron chi connectivity index (χ1n) is 7.85. The lowest BCUT2D eigenvalue weighted by atomic mass is 9.97. The third-order valence-corrected chi connectivity index (χ3v) is 5.13. The van der Waals surface area contributed by atoms with Crippen molar-refractivity contribution in [2.45, 2.75) is 44.1 Å². The van der Waals surface area contributed by atoms with Crippen LogP contribution >= 0.6 is 24.0 Å². The Hall–Kier alpha value is -0.730. The van der Waals surface area contributed by atoms with Crippen molar-refractivity contribution in [3.63, 3.8) is 0 Å². The minimum Gasteiger partial charge on any atom is -0.371 e. The van der Waals surface area contributed by atoms with Gasteiger partial charge in [0.05, 0.1) is 5.84 Å². The van der Waals surface area contributed by atoms with Crippen LogP contribution in [0.2, 0.25) is 5.02 Å². The molecule has 4 heteroatoms. The molecule has 0 spiro atoms. The molecule has 2 aliphatic carbocycles. The largest absolute Gasteiger partial charge is 0.371 e. The van der Waals surface area contributed by atoms with Crippen LogP contribution in [0.15, 0.2) is 29.3 Å². The standard InChI is InChI=1S/C17H21ClN2.ClH/c18-15-7-5-11(6-8-15)14-9-16(19-10-14)20-17(12-1-2-12)13-3-4-13;/h5-8,12-14,17H,1-4,9-10H2,(H,19,20);1H. The number of nitrogens with one attached hydrogen (secondary N) is 1. The van der Waals surface area contributed by atoms with E-state index in [0.29, 0.717) is 5.92 Å². The van der Waals surface area contributed by atoms with E-state index in [2.05, 4.69) is 17.4 Å². The van der Waals surface area contributed by atoms with Gasteiger partial charge in [-0.25, -0.2) is 0 Å². The Balaban J connectivity index is 0.00000132. The molecule has 0 aromatic heterocycles. The first-order valence-corrected chi connectivity index (χ1v) is 8.23. The number of hydrogen-bond acceptors (Lipinski definition) is 2. The van der Waals surface area contributed by atoms with Crippen LogP contribution < -0.4 is 5.32 Å². The summed E-state index contributed by atoms with van der Waals surface area (Å²) in [5.41, 5.74) is 1.37. The van der Waals surface area contributed by atoms with Gasteiger partial charge >= 0.3 is 0 Å². The van der Waals surface area contributed by atoms with Crippen LogP contribution in [-0.2, 0) is 0 Å². The van der Waals surface area contributed by atoms with Crippen LogP contribution in [0.25, 0.3) is 0 Å². The topological polar surface area (TPSA) is 24.4 Å². The van der Waals surface area contributed by atoms with E-state index in [4.69, 9.17) is 16.6 Å². The van der Waals surface area contributed by atoms with E-state index in [0.717, 1.165) is 35.9 Å². The molecule has 1 aliphatic heterocycles. The van der Waals surface area contributed by atoms with Crippen LogP contribution in [0.1, 0.15) is 43.6 Å². The summed E-state index contributed by atoms with van der Waals surface area (Å²) in [4.78, 5) is 4.75. The van der Waals surface area contributed by atoms with Gasteiger partial charge in [0.1, 0.15) is 0 Å². The fourth-order valence-electron chi connectivity index (χ4n) is 3.37. The Kier molecular flexibility index (Phi) is 4.46. The van der Waals surface area contributed by atoms with Crippen molar-refractivity contribution in [2.24, 2.45) is 16.8 Å².